The maximum absolute atomic E-state index is 12.5. The third kappa shape index (κ3) is 13.1. The standard InChI is InChI=1S/C37H51N3O9/c1-23(2)13-9-7-11-19-46-35(43)25(5)48-27-15-17-29(31(41)21-27)33-38-34(40-37(45)39-33)30-18-16-28(22-32(30)42)49-26(6)36(44)47-20-12-8-10-14-24(3)4/h15-18,21-26,41-42H,7-14,19-20H2,1-6H3,(H,38,39,40,45). The van der Waals surface area contributed by atoms with Gasteiger partial charge < -0.3 is 29.2 Å². The minimum Gasteiger partial charge on any atom is -0.507 e. The van der Waals surface area contributed by atoms with Gasteiger partial charge in [-0.15, -0.1) is 0 Å². The van der Waals surface area contributed by atoms with Crippen molar-refractivity contribution < 1.29 is 38.7 Å². The van der Waals surface area contributed by atoms with Crippen molar-refractivity contribution >= 4 is 11.9 Å². The lowest BCUT2D eigenvalue weighted by Gasteiger charge is -2.15. The van der Waals surface area contributed by atoms with E-state index in [-0.39, 0.29) is 45.8 Å². The van der Waals surface area contributed by atoms with Gasteiger partial charge in [0.25, 0.3) is 0 Å². The summed E-state index contributed by atoms with van der Waals surface area (Å²) >= 11 is 0. The highest BCUT2D eigenvalue weighted by atomic mass is 16.6. The number of rotatable bonds is 20. The number of benzene rings is 2. The van der Waals surface area contributed by atoms with Crippen LogP contribution < -0.4 is 15.2 Å². The molecule has 0 saturated carbocycles. The van der Waals surface area contributed by atoms with Gasteiger partial charge in [-0.05, 0) is 62.8 Å². The molecule has 2 atom stereocenters. The van der Waals surface area contributed by atoms with Crippen molar-refractivity contribution in [1.82, 2.24) is 15.0 Å². The molecule has 0 bridgehead atoms. The summed E-state index contributed by atoms with van der Waals surface area (Å²) in [5.74, 6) is 0.0301. The van der Waals surface area contributed by atoms with E-state index in [1.54, 1.807) is 13.8 Å². The molecule has 1 heterocycles. The largest absolute Gasteiger partial charge is 0.507 e. The average Bonchev–Trinajstić information content (AvgIpc) is 3.03. The first kappa shape index (κ1) is 38.8. The molecule has 0 radical (unpaired) electrons. The Labute approximate surface area is 288 Å². The summed E-state index contributed by atoms with van der Waals surface area (Å²) in [4.78, 5) is 47.9. The van der Waals surface area contributed by atoms with E-state index in [1.165, 1.54) is 36.4 Å². The van der Waals surface area contributed by atoms with Gasteiger partial charge in [0.2, 0.25) is 0 Å². The van der Waals surface area contributed by atoms with Crippen LogP contribution in [0.3, 0.4) is 0 Å². The molecule has 0 fully saturated rings. The number of unbranched alkanes of at least 4 members (excludes halogenated alkanes) is 4. The minimum atomic E-state index is -0.906. The van der Waals surface area contributed by atoms with Crippen LogP contribution in [-0.4, -0.2) is 62.5 Å². The highest BCUT2D eigenvalue weighted by Crippen LogP contribution is 2.34. The predicted molar refractivity (Wildman–Crippen MR) is 186 cm³/mol. The lowest BCUT2D eigenvalue weighted by molar-refractivity contribution is -0.152. The van der Waals surface area contributed by atoms with E-state index >= 15 is 0 Å². The number of ether oxygens (including phenoxy) is 4. The van der Waals surface area contributed by atoms with Crippen LogP contribution in [0.15, 0.2) is 41.2 Å². The van der Waals surface area contributed by atoms with Crippen molar-refractivity contribution in [1.29, 1.82) is 0 Å². The van der Waals surface area contributed by atoms with Crippen molar-refractivity contribution in [2.45, 2.75) is 105 Å². The number of nitrogens with zero attached hydrogens (tertiary/aromatic N) is 2. The number of phenols is 2. The molecule has 0 aliphatic heterocycles. The Balaban J connectivity index is 1.60. The van der Waals surface area contributed by atoms with Crippen LogP contribution in [0.4, 0.5) is 0 Å². The molecule has 0 spiro atoms. The van der Waals surface area contributed by atoms with E-state index in [0.29, 0.717) is 25.0 Å². The van der Waals surface area contributed by atoms with E-state index < -0.39 is 29.8 Å². The van der Waals surface area contributed by atoms with Crippen LogP contribution in [0.1, 0.15) is 92.9 Å². The third-order valence-corrected chi connectivity index (χ3v) is 7.71. The van der Waals surface area contributed by atoms with Crippen molar-refractivity contribution in [2.75, 3.05) is 13.2 Å². The molecule has 0 aliphatic rings. The second-order valence-corrected chi connectivity index (χ2v) is 13.0. The van der Waals surface area contributed by atoms with Gasteiger partial charge in [0.1, 0.15) is 28.8 Å². The number of hydrogen-bond donors (Lipinski definition) is 3. The Morgan fingerprint density at radius 1 is 0.673 bits per heavy atom. The summed E-state index contributed by atoms with van der Waals surface area (Å²) in [5.41, 5.74) is -0.472. The van der Waals surface area contributed by atoms with Crippen LogP contribution in [0.5, 0.6) is 23.0 Å². The van der Waals surface area contributed by atoms with Gasteiger partial charge in [-0.1, -0.05) is 66.2 Å². The van der Waals surface area contributed by atoms with Crippen molar-refractivity contribution in [3.05, 3.63) is 46.9 Å². The number of carbonyl (C=O) groups is 2. The lowest BCUT2D eigenvalue weighted by Crippen LogP contribution is -2.26. The Hall–Kier alpha value is -4.61. The lowest BCUT2D eigenvalue weighted by atomic mass is 10.1. The SMILES string of the molecule is CC(C)CCCCCOC(=O)C(C)Oc1ccc(-c2nc(-c3ccc(OC(C)C(=O)OCCCCCC(C)C)cc3O)[nH]c(=O)n2)c(O)c1. The molecule has 1 aromatic heterocycles. The van der Waals surface area contributed by atoms with Crippen LogP contribution >= 0.6 is 0 Å². The molecule has 2 aromatic carbocycles. The van der Waals surface area contributed by atoms with Gasteiger partial charge in [-0.25, -0.2) is 19.4 Å². The second kappa shape index (κ2) is 19.4. The molecule has 0 aliphatic carbocycles. The van der Waals surface area contributed by atoms with E-state index in [1.807, 2.05) is 0 Å². The third-order valence-electron chi connectivity index (χ3n) is 7.71. The summed E-state index contributed by atoms with van der Waals surface area (Å²) in [7, 11) is 0. The van der Waals surface area contributed by atoms with Crippen molar-refractivity contribution in [3.63, 3.8) is 0 Å². The van der Waals surface area contributed by atoms with Gasteiger partial charge in [0.15, 0.2) is 18.0 Å². The Bertz CT molecular complexity index is 1460. The number of H-pyrrole nitrogens is 1. The fourth-order valence-electron chi connectivity index (χ4n) is 4.94. The number of esters is 2. The predicted octanol–water partition coefficient (Wildman–Crippen LogP) is 6.96. The zero-order valence-electron chi connectivity index (χ0n) is 29.5. The zero-order valence-corrected chi connectivity index (χ0v) is 29.5. The molecule has 2 unspecified atom stereocenters. The molecule has 12 heteroatoms. The normalized spacial score (nSPS) is 12.5. The van der Waals surface area contributed by atoms with Crippen molar-refractivity contribution in [2.24, 2.45) is 11.8 Å². The molecular weight excluding hydrogens is 630 g/mol. The highest BCUT2D eigenvalue weighted by Gasteiger charge is 2.20. The first-order valence-electron chi connectivity index (χ1n) is 17.2. The number of aromatic nitrogens is 3. The molecule has 3 N–H and O–H groups in total. The molecule has 49 heavy (non-hydrogen) atoms. The monoisotopic (exact) mass is 681 g/mol. The molecular formula is C37H51N3O9. The zero-order chi connectivity index (χ0) is 35.9. The summed E-state index contributed by atoms with van der Waals surface area (Å²) in [6.07, 6.45) is 6.18. The van der Waals surface area contributed by atoms with Crippen molar-refractivity contribution in [3.8, 4) is 45.8 Å². The highest BCUT2D eigenvalue weighted by molar-refractivity contribution is 5.75. The van der Waals surface area contributed by atoms with E-state index in [9.17, 15) is 24.6 Å². The molecule has 12 nitrogen and oxygen atoms in total. The summed E-state index contributed by atoms with van der Waals surface area (Å²) < 4.78 is 22.0. The van der Waals surface area contributed by atoms with Crippen LogP contribution in [-0.2, 0) is 19.1 Å². The fourth-order valence-corrected chi connectivity index (χ4v) is 4.94. The van der Waals surface area contributed by atoms with Crippen LogP contribution in [0.2, 0.25) is 0 Å². The van der Waals surface area contributed by atoms with Gasteiger partial charge in [-0.3, -0.25) is 4.98 Å². The number of aromatic amines is 1. The van der Waals surface area contributed by atoms with Gasteiger partial charge in [0.05, 0.1) is 24.3 Å². The topological polar surface area (TPSA) is 170 Å². The first-order valence-corrected chi connectivity index (χ1v) is 17.2. The summed E-state index contributed by atoms with van der Waals surface area (Å²) in [5, 5.41) is 21.5. The summed E-state index contributed by atoms with van der Waals surface area (Å²) in [6.45, 7) is 12.5. The number of nitrogens with one attached hydrogen (secondary N) is 1. The maximum Gasteiger partial charge on any atom is 0.348 e. The minimum absolute atomic E-state index is 0.00993. The summed E-state index contributed by atoms with van der Waals surface area (Å²) in [6, 6.07) is 8.55. The Kier molecular flexibility index (Phi) is 15.4. The van der Waals surface area contributed by atoms with Gasteiger partial charge in [-0.2, -0.15) is 4.98 Å². The Morgan fingerprint density at radius 2 is 1.14 bits per heavy atom. The molecule has 0 amide bonds. The van der Waals surface area contributed by atoms with Crippen LogP contribution in [0, 0.1) is 11.8 Å². The van der Waals surface area contributed by atoms with Gasteiger partial charge in [0, 0.05) is 12.1 Å². The average molecular weight is 682 g/mol. The maximum atomic E-state index is 12.5. The fraction of sp³-hybridized carbons (Fsp3) is 0.541. The van der Waals surface area contributed by atoms with E-state index in [4.69, 9.17) is 18.9 Å². The number of carbonyl (C=O) groups excluding carboxylic acids is 2. The quantitative estimate of drug-likeness (QED) is 0.0832. The smallest absolute Gasteiger partial charge is 0.348 e. The molecule has 3 rings (SSSR count). The Morgan fingerprint density at radius 3 is 1.59 bits per heavy atom. The number of phenolic OH excluding ortho intramolecular Hbond substituents is 2. The molecule has 0 saturated heterocycles. The van der Waals surface area contributed by atoms with E-state index in [0.717, 1.165) is 51.4 Å². The van der Waals surface area contributed by atoms with Gasteiger partial charge >= 0.3 is 17.6 Å². The first-order chi connectivity index (χ1) is 23.3. The second-order valence-electron chi connectivity index (χ2n) is 13.0. The van der Waals surface area contributed by atoms with E-state index in [2.05, 4.69) is 42.6 Å². The number of hydrogen-bond acceptors (Lipinski definition) is 11. The van der Waals surface area contributed by atoms with Crippen LogP contribution in [0.25, 0.3) is 22.8 Å². The molecule has 3 aromatic rings. The number of aromatic hydroxyl groups is 2. The molecule has 268 valence electrons.